The molecule has 0 bridgehead atoms. The molecule has 0 saturated heterocycles. The predicted molar refractivity (Wildman–Crippen MR) is 66.5 cm³/mol. The molecule has 1 aromatic carbocycles. The fourth-order valence-corrected chi connectivity index (χ4v) is 1.62. The van der Waals surface area contributed by atoms with Crippen LogP contribution in [0.4, 0.5) is 0 Å². The van der Waals surface area contributed by atoms with Crippen LogP contribution in [0.15, 0.2) is 47.4 Å². The highest BCUT2D eigenvalue weighted by Crippen LogP contribution is 2.18. The van der Waals surface area contributed by atoms with Gasteiger partial charge in [-0.2, -0.15) is 5.10 Å². The first kappa shape index (κ1) is 12.3. The number of rotatable bonds is 4. The molecule has 5 nitrogen and oxygen atoms in total. The quantitative estimate of drug-likeness (QED) is 0.873. The van der Waals surface area contributed by atoms with Gasteiger partial charge in [-0.25, -0.2) is 4.68 Å². The van der Waals surface area contributed by atoms with Gasteiger partial charge in [-0.15, -0.1) is 0 Å². The van der Waals surface area contributed by atoms with Gasteiger partial charge in [0.05, 0.1) is 19.8 Å². The van der Waals surface area contributed by atoms with Crippen molar-refractivity contribution < 1.29 is 9.84 Å². The molecule has 1 unspecified atom stereocenters. The summed E-state index contributed by atoms with van der Waals surface area (Å²) in [4.78, 5) is 11.5. The van der Waals surface area contributed by atoms with Gasteiger partial charge in [-0.1, -0.05) is 12.1 Å². The molecule has 1 atom stereocenters. The molecule has 2 rings (SSSR count). The zero-order valence-electron chi connectivity index (χ0n) is 9.98. The molecule has 0 radical (unpaired) electrons. The maximum Gasteiger partial charge on any atom is 0.266 e. The summed E-state index contributed by atoms with van der Waals surface area (Å²) in [5, 5.41) is 13.9. The predicted octanol–water partition coefficient (Wildman–Crippen LogP) is 0.986. The van der Waals surface area contributed by atoms with E-state index >= 15 is 0 Å². The van der Waals surface area contributed by atoms with Crippen LogP contribution in [0.1, 0.15) is 11.7 Å². The van der Waals surface area contributed by atoms with Gasteiger partial charge in [-0.3, -0.25) is 4.79 Å². The summed E-state index contributed by atoms with van der Waals surface area (Å²) in [5.41, 5.74) is 0.485. The molecule has 0 saturated carbocycles. The molecule has 0 aliphatic carbocycles. The van der Waals surface area contributed by atoms with Crippen molar-refractivity contribution in [3.05, 3.63) is 58.5 Å². The first-order chi connectivity index (χ1) is 8.70. The Morgan fingerprint density at radius 1 is 1.33 bits per heavy atom. The number of ether oxygens (including phenoxy) is 1. The van der Waals surface area contributed by atoms with Crippen LogP contribution in [-0.4, -0.2) is 22.0 Å². The third-order valence-corrected chi connectivity index (χ3v) is 2.63. The second-order valence-corrected chi connectivity index (χ2v) is 3.83. The molecule has 0 amide bonds. The monoisotopic (exact) mass is 246 g/mol. The molecule has 18 heavy (non-hydrogen) atoms. The maximum atomic E-state index is 11.5. The Morgan fingerprint density at radius 3 is 2.67 bits per heavy atom. The molecular weight excluding hydrogens is 232 g/mol. The van der Waals surface area contributed by atoms with Crippen molar-refractivity contribution in [3.63, 3.8) is 0 Å². The number of aliphatic hydroxyl groups is 1. The minimum absolute atomic E-state index is 0.131. The SMILES string of the molecule is COc1ccc(C(O)Cn2ncccc2=O)cc1. The molecule has 0 spiro atoms. The third-order valence-electron chi connectivity index (χ3n) is 2.63. The van der Waals surface area contributed by atoms with E-state index in [0.29, 0.717) is 5.56 Å². The first-order valence-electron chi connectivity index (χ1n) is 5.55. The zero-order valence-corrected chi connectivity index (χ0v) is 9.98. The van der Waals surface area contributed by atoms with Crippen LogP contribution in [0.25, 0.3) is 0 Å². The Bertz CT molecular complexity index is 563. The molecule has 5 heteroatoms. The minimum Gasteiger partial charge on any atom is -0.497 e. The first-order valence-corrected chi connectivity index (χ1v) is 5.55. The fourth-order valence-electron chi connectivity index (χ4n) is 1.62. The Balaban J connectivity index is 2.14. The topological polar surface area (TPSA) is 64.3 Å². The lowest BCUT2D eigenvalue weighted by atomic mass is 10.1. The molecule has 1 heterocycles. The second-order valence-electron chi connectivity index (χ2n) is 3.83. The molecule has 0 fully saturated rings. The average molecular weight is 246 g/mol. The number of nitrogens with zero attached hydrogens (tertiary/aromatic N) is 2. The second kappa shape index (κ2) is 5.46. The molecule has 0 aliphatic rings. The molecule has 1 aromatic heterocycles. The van der Waals surface area contributed by atoms with Crippen molar-refractivity contribution in [2.45, 2.75) is 12.6 Å². The summed E-state index contributed by atoms with van der Waals surface area (Å²) in [6.45, 7) is 0.131. The van der Waals surface area contributed by atoms with E-state index in [1.807, 2.05) is 0 Å². The van der Waals surface area contributed by atoms with Gasteiger partial charge in [0.25, 0.3) is 5.56 Å². The van der Waals surface area contributed by atoms with Crippen LogP contribution < -0.4 is 10.3 Å². The summed E-state index contributed by atoms with van der Waals surface area (Å²) in [6, 6.07) is 10.0. The number of aliphatic hydroxyl groups excluding tert-OH is 1. The van der Waals surface area contributed by atoms with Crippen molar-refractivity contribution in [1.29, 1.82) is 0 Å². The van der Waals surface area contributed by atoms with E-state index in [4.69, 9.17) is 4.74 Å². The van der Waals surface area contributed by atoms with Gasteiger partial charge in [0.1, 0.15) is 5.75 Å². The molecule has 1 N–H and O–H groups in total. The number of hydrogen-bond donors (Lipinski definition) is 1. The maximum absolute atomic E-state index is 11.5. The average Bonchev–Trinajstić information content (AvgIpc) is 2.41. The lowest BCUT2D eigenvalue weighted by Gasteiger charge is -2.12. The standard InChI is InChI=1S/C13H14N2O3/c1-18-11-6-4-10(5-7-11)12(16)9-15-13(17)3-2-8-14-15/h2-8,12,16H,9H2,1H3. The summed E-state index contributed by atoms with van der Waals surface area (Å²) >= 11 is 0. The molecule has 94 valence electrons. The highest BCUT2D eigenvalue weighted by Gasteiger charge is 2.09. The lowest BCUT2D eigenvalue weighted by Crippen LogP contribution is -2.24. The van der Waals surface area contributed by atoms with Crippen molar-refractivity contribution in [2.24, 2.45) is 0 Å². The number of methoxy groups -OCH3 is 1. The third kappa shape index (κ3) is 2.75. The largest absolute Gasteiger partial charge is 0.497 e. The minimum atomic E-state index is -0.775. The van der Waals surface area contributed by atoms with Gasteiger partial charge in [-0.05, 0) is 23.8 Å². The molecule has 2 aromatic rings. The van der Waals surface area contributed by atoms with E-state index in [2.05, 4.69) is 5.10 Å². The van der Waals surface area contributed by atoms with E-state index in [1.165, 1.54) is 16.9 Å². The number of aromatic nitrogens is 2. The van der Waals surface area contributed by atoms with E-state index < -0.39 is 6.10 Å². The van der Waals surface area contributed by atoms with E-state index in [9.17, 15) is 9.90 Å². The summed E-state index contributed by atoms with van der Waals surface area (Å²) in [5.74, 6) is 0.723. The van der Waals surface area contributed by atoms with Gasteiger partial charge in [0, 0.05) is 12.3 Å². The Hall–Kier alpha value is -2.14. The van der Waals surface area contributed by atoms with Gasteiger partial charge in [0.15, 0.2) is 0 Å². The van der Waals surface area contributed by atoms with Gasteiger partial charge < -0.3 is 9.84 Å². The molecule has 0 aliphatic heterocycles. The summed E-state index contributed by atoms with van der Waals surface area (Å²) in [6.07, 6.45) is 0.741. The van der Waals surface area contributed by atoms with Crippen LogP contribution in [0, 0.1) is 0 Å². The van der Waals surface area contributed by atoms with Crippen molar-refractivity contribution in [3.8, 4) is 5.75 Å². The van der Waals surface area contributed by atoms with Crippen molar-refractivity contribution in [1.82, 2.24) is 9.78 Å². The Labute approximate surface area is 104 Å². The van der Waals surface area contributed by atoms with Crippen LogP contribution in [0.3, 0.4) is 0 Å². The van der Waals surface area contributed by atoms with Crippen LogP contribution in [-0.2, 0) is 6.54 Å². The normalized spacial score (nSPS) is 12.1. The fraction of sp³-hybridized carbons (Fsp3) is 0.231. The lowest BCUT2D eigenvalue weighted by molar-refractivity contribution is 0.149. The van der Waals surface area contributed by atoms with Crippen LogP contribution in [0.5, 0.6) is 5.75 Å². The number of benzene rings is 1. The number of hydrogen-bond acceptors (Lipinski definition) is 4. The Kier molecular flexibility index (Phi) is 3.74. The smallest absolute Gasteiger partial charge is 0.266 e. The van der Waals surface area contributed by atoms with E-state index in [0.717, 1.165) is 5.75 Å². The molecular formula is C13H14N2O3. The van der Waals surface area contributed by atoms with Crippen molar-refractivity contribution in [2.75, 3.05) is 7.11 Å². The van der Waals surface area contributed by atoms with Gasteiger partial charge in [0.2, 0.25) is 0 Å². The van der Waals surface area contributed by atoms with E-state index in [1.54, 1.807) is 37.4 Å². The highest BCUT2D eigenvalue weighted by atomic mass is 16.5. The van der Waals surface area contributed by atoms with Gasteiger partial charge >= 0.3 is 0 Å². The summed E-state index contributed by atoms with van der Waals surface area (Å²) < 4.78 is 6.27. The van der Waals surface area contributed by atoms with Crippen LogP contribution in [0.2, 0.25) is 0 Å². The summed E-state index contributed by atoms with van der Waals surface area (Å²) in [7, 11) is 1.58. The Morgan fingerprint density at radius 2 is 2.06 bits per heavy atom. The van der Waals surface area contributed by atoms with E-state index in [-0.39, 0.29) is 12.1 Å². The highest BCUT2D eigenvalue weighted by molar-refractivity contribution is 5.28. The van der Waals surface area contributed by atoms with Crippen LogP contribution >= 0.6 is 0 Å². The zero-order chi connectivity index (χ0) is 13.0. The van der Waals surface area contributed by atoms with Crippen molar-refractivity contribution >= 4 is 0 Å².